The summed E-state index contributed by atoms with van der Waals surface area (Å²) in [5.41, 5.74) is -0.608. The van der Waals surface area contributed by atoms with Gasteiger partial charge in [-0.15, -0.1) is 0 Å². The van der Waals surface area contributed by atoms with Gasteiger partial charge < -0.3 is 0 Å². The molecule has 0 radical (unpaired) electrons. The highest BCUT2D eigenvalue weighted by Gasteiger charge is 2.60. The quantitative estimate of drug-likeness (QED) is 0.606. The van der Waals surface area contributed by atoms with E-state index in [1.807, 2.05) is 0 Å². The van der Waals surface area contributed by atoms with Crippen LogP contribution in [-0.2, 0) is 0 Å². The lowest BCUT2D eigenvalue weighted by molar-refractivity contribution is 0.125. The summed E-state index contributed by atoms with van der Waals surface area (Å²) in [5.74, 6) is 0.342. The molecular formula is C11H20FN. The average molecular weight is 185 g/mol. The molecule has 1 saturated carbocycles. The van der Waals surface area contributed by atoms with E-state index < -0.39 is 5.67 Å². The van der Waals surface area contributed by atoms with Gasteiger partial charge in [0, 0.05) is 25.0 Å². The van der Waals surface area contributed by atoms with E-state index in [9.17, 15) is 4.39 Å². The van der Waals surface area contributed by atoms with Gasteiger partial charge in [0.25, 0.3) is 0 Å². The zero-order valence-electron chi connectivity index (χ0n) is 9.10. The highest BCUT2D eigenvalue weighted by atomic mass is 19.1. The molecule has 13 heavy (non-hydrogen) atoms. The van der Waals surface area contributed by atoms with Gasteiger partial charge in [-0.25, -0.2) is 4.39 Å². The van der Waals surface area contributed by atoms with E-state index in [1.165, 1.54) is 0 Å². The number of rotatable bonds is 1. The van der Waals surface area contributed by atoms with Crippen LogP contribution in [0.4, 0.5) is 4.39 Å². The second-order valence-electron chi connectivity index (χ2n) is 6.15. The van der Waals surface area contributed by atoms with Crippen molar-refractivity contribution in [1.29, 1.82) is 0 Å². The van der Waals surface area contributed by atoms with Gasteiger partial charge >= 0.3 is 0 Å². The standard InChI is InChI=1S/C11H20FN/c1-10(2,3)6-13-7-11(4,12)8-5-9(8)13/h8-9H,5-7H2,1-4H3. The van der Waals surface area contributed by atoms with Gasteiger partial charge in [-0.1, -0.05) is 20.8 Å². The molecule has 2 heteroatoms. The van der Waals surface area contributed by atoms with Crippen LogP contribution in [0.1, 0.15) is 34.1 Å². The zero-order chi connectivity index (χ0) is 9.85. The number of nitrogens with zero attached hydrogens (tertiary/aromatic N) is 1. The highest BCUT2D eigenvalue weighted by Crippen LogP contribution is 2.52. The zero-order valence-corrected chi connectivity index (χ0v) is 9.10. The monoisotopic (exact) mass is 185 g/mol. The van der Waals surface area contributed by atoms with Crippen LogP contribution >= 0.6 is 0 Å². The molecule has 0 N–H and O–H groups in total. The minimum absolute atomic E-state index is 0.299. The summed E-state index contributed by atoms with van der Waals surface area (Å²) in [6, 6.07) is 0.564. The molecule has 1 aliphatic carbocycles. The van der Waals surface area contributed by atoms with Gasteiger partial charge in [-0.2, -0.15) is 0 Å². The molecule has 0 spiro atoms. The second-order valence-corrected chi connectivity index (χ2v) is 6.15. The number of piperidine rings is 1. The van der Waals surface area contributed by atoms with Crippen molar-refractivity contribution in [2.75, 3.05) is 13.1 Å². The molecule has 3 atom stereocenters. The maximum Gasteiger partial charge on any atom is 0.125 e. The molecule has 0 aromatic rings. The van der Waals surface area contributed by atoms with Crippen LogP contribution in [-0.4, -0.2) is 29.7 Å². The minimum Gasteiger partial charge on any atom is -0.296 e. The molecule has 1 heterocycles. The summed E-state index contributed by atoms with van der Waals surface area (Å²) < 4.78 is 13.8. The summed E-state index contributed by atoms with van der Waals surface area (Å²) >= 11 is 0. The fourth-order valence-electron chi connectivity index (χ4n) is 2.65. The van der Waals surface area contributed by atoms with E-state index in [0.29, 0.717) is 23.9 Å². The van der Waals surface area contributed by atoms with Crippen molar-refractivity contribution in [1.82, 2.24) is 4.90 Å². The molecule has 2 fully saturated rings. The van der Waals surface area contributed by atoms with E-state index in [2.05, 4.69) is 25.7 Å². The maximum atomic E-state index is 13.8. The van der Waals surface area contributed by atoms with E-state index in [1.54, 1.807) is 6.92 Å². The fourth-order valence-corrected chi connectivity index (χ4v) is 2.65. The van der Waals surface area contributed by atoms with Gasteiger partial charge in [-0.05, 0) is 18.8 Å². The first kappa shape index (κ1) is 9.45. The van der Waals surface area contributed by atoms with Gasteiger partial charge in [0.2, 0.25) is 0 Å². The summed E-state index contributed by atoms with van der Waals surface area (Å²) in [6.07, 6.45) is 1.09. The molecule has 0 amide bonds. The number of halogens is 1. The third-order valence-electron chi connectivity index (χ3n) is 3.19. The van der Waals surface area contributed by atoms with Crippen LogP contribution in [0, 0.1) is 11.3 Å². The van der Waals surface area contributed by atoms with E-state index in [4.69, 9.17) is 0 Å². The molecular weight excluding hydrogens is 165 g/mol. The van der Waals surface area contributed by atoms with Gasteiger partial charge in [0.1, 0.15) is 5.67 Å². The molecule has 76 valence electrons. The topological polar surface area (TPSA) is 3.24 Å². The Kier molecular flexibility index (Phi) is 1.80. The Balaban J connectivity index is 1.98. The maximum absolute atomic E-state index is 13.8. The molecule has 2 rings (SSSR count). The number of hydrogen-bond acceptors (Lipinski definition) is 1. The minimum atomic E-state index is -0.907. The molecule has 1 aliphatic heterocycles. The Morgan fingerprint density at radius 3 is 2.38 bits per heavy atom. The fraction of sp³-hybridized carbons (Fsp3) is 1.00. The Bertz CT molecular complexity index is 217. The van der Waals surface area contributed by atoms with Crippen molar-refractivity contribution in [3.05, 3.63) is 0 Å². The van der Waals surface area contributed by atoms with Crippen molar-refractivity contribution in [2.24, 2.45) is 11.3 Å². The number of fused-ring (bicyclic) bond motifs is 1. The largest absolute Gasteiger partial charge is 0.296 e. The van der Waals surface area contributed by atoms with Crippen LogP contribution in [0.25, 0.3) is 0 Å². The van der Waals surface area contributed by atoms with E-state index in [-0.39, 0.29) is 0 Å². The van der Waals surface area contributed by atoms with E-state index >= 15 is 0 Å². The number of likely N-dealkylation sites (tertiary alicyclic amines) is 1. The predicted molar refractivity (Wildman–Crippen MR) is 52.4 cm³/mol. The molecule has 1 saturated heterocycles. The lowest BCUT2D eigenvalue weighted by Crippen LogP contribution is -2.37. The molecule has 0 aromatic carbocycles. The van der Waals surface area contributed by atoms with Crippen molar-refractivity contribution in [3.8, 4) is 0 Å². The third kappa shape index (κ3) is 1.74. The van der Waals surface area contributed by atoms with Crippen LogP contribution < -0.4 is 0 Å². The molecule has 3 unspecified atom stereocenters. The lowest BCUT2D eigenvalue weighted by atomic mass is 9.96. The molecule has 0 aromatic heterocycles. The Hall–Kier alpha value is -0.110. The van der Waals surface area contributed by atoms with Gasteiger partial charge in [0.15, 0.2) is 0 Å². The SMILES string of the molecule is CC(C)(C)CN1CC(C)(F)C2CC21. The van der Waals surface area contributed by atoms with Gasteiger partial charge in [0.05, 0.1) is 0 Å². The van der Waals surface area contributed by atoms with Gasteiger partial charge in [-0.3, -0.25) is 4.90 Å². The normalized spacial score (nSPS) is 45.0. The Morgan fingerprint density at radius 1 is 1.46 bits per heavy atom. The number of alkyl halides is 1. The summed E-state index contributed by atoms with van der Waals surface area (Å²) in [6.45, 7) is 10.1. The predicted octanol–water partition coefficient (Wildman–Crippen LogP) is 2.46. The molecule has 1 nitrogen and oxygen atoms in total. The molecule has 2 aliphatic rings. The Morgan fingerprint density at radius 2 is 2.08 bits per heavy atom. The average Bonchev–Trinajstić information content (AvgIpc) is 2.53. The number of hydrogen-bond donors (Lipinski definition) is 0. The van der Waals surface area contributed by atoms with Crippen LogP contribution in [0.3, 0.4) is 0 Å². The summed E-state index contributed by atoms with van der Waals surface area (Å²) in [4.78, 5) is 2.34. The summed E-state index contributed by atoms with van der Waals surface area (Å²) in [7, 11) is 0. The second kappa shape index (κ2) is 2.47. The van der Waals surface area contributed by atoms with Crippen molar-refractivity contribution >= 4 is 0 Å². The third-order valence-corrected chi connectivity index (χ3v) is 3.19. The first-order valence-corrected chi connectivity index (χ1v) is 5.23. The van der Waals surface area contributed by atoms with Crippen LogP contribution in [0.15, 0.2) is 0 Å². The first-order valence-electron chi connectivity index (χ1n) is 5.23. The smallest absolute Gasteiger partial charge is 0.125 e. The van der Waals surface area contributed by atoms with Crippen molar-refractivity contribution < 1.29 is 4.39 Å². The van der Waals surface area contributed by atoms with Crippen LogP contribution in [0.5, 0.6) is 0 Å². The first-order chi connectivity index (χ1) is 5.80. The van der Waals surface area contributed by atoms with Crippen molar-refractivity contribution in [2.45, 2.75) is 45.8 Å². The highest BCUT2D eigenvalue weighted by molar-refractivity contribution is 5.13. The van der Waals surface area contributed by atoms with Crippen LogP contribution in [0.2, 0.25) is 0 Å². The molecule has 0 bridgehead atoms. The summed E-state index contributed by atoms with van der Waals surface area (Å²) in [5, 5.41) is 0. The van der Waals surface area contributed by atoms with Crippen molar-refractivity contribution in [3.63, 3.8) is 0 Å². The van der Waals surface area contributed by atoms with E-state index in [0.717, 1.165) is 13.0 Å². The Labute approximate surface area is 80.3 Å². The lowest BCUT2D eigenvalue weighted by Gasteiger charge is -2.29.